The predicted octanol–water partition coefficient (Wildman–Crippen LogP) is -17.0. The summed E-state index contributed by atoms with van der Waals surface area (Å²) in [4.78, 5) is 38.0. The van der Waals surface area contributed by atoms with Gasteiger partial charge in [0.15, 0.2) is 0 Å². The zero-order valence-corrected chi connectivity index (χ0v) is 19.6. The number of carboxylic acid groups (broad SMARTS) is 3. The first-order valence-corrected chi connectivity index (χ1v) is 3.48. The number of aliphatic hydroxyl groups is 1. The molecular weight excluding hydrogens is 322 g/mol. The minimum atomic E-state index is -2.97. The van der Waals surface area contributed by atoms with Crippen molar-refractivity contribution in [3.63, 3.8) is 0 Å². The molecule has 0 aliphatic heterocycles. The summed E-state index contributed by atoms with van der Waals surface area (Å²) in [5, 5.41) is 47.9. The fourth-order valence-electron chi connectivity index (χ4n) is 0.684. The zero-order chi connectivity index (χ0) is 13.4. The van der Waals surface area contributed by atoms with Crippen molar-refractivity contribution in [3.05, 3.63) is 10.1 Å². The normalized spacial score (nSPS) is 7.65. The number of carbonyl (C=O) groups excluding carboxylic acids is 3. The largest absolute Gasteiger partial charge is 1.00 e. The van der Waals surface area contributed by atoms with Crippen LogP contribution in [0.1, 0.15) is 12.8 Å². The molecule has 0 atom stereocenters. The van der Waals surface area contributed by atoms with Gasteiger partial charge in [-0.2, -0.15) is 0 Å². The van der Waals surface area contributed by atoms with Crippen molar-refractivity contribution in [2.75, 3.05) is 0 Å². The second kappa shape index (κ2) is 20.8. The molecule has 0 unspecified atom stereocenters. The smallest absolute Gasteiger partial charge is 0.550 e. The molecule has 14 heteroatoms. The summed E-state index contributed by atoms with van der Waals surface area (Å²) in [6.45, 7) is 0. The summed E-state index contributed by atoms with van der Waals surface area (Å²) < 4.78 is 0. The van der Waals surface area contributed by atoms with Gasteiger partial charge in [0.25, 0.3) is 0 Å². The van der Waals surface area contributed by atoms with Gasteiger partial charge in [-0.1, -0.05) is 0 Å². The molecule has 0 rings (SSSR count). The summed E-state index contributed by atoms with van der Waals surface area (Å²) >= 11 is 0. The molecule has 0 fully saturated rings. The van der Waals surface area contributed by atoms with E-state index in [0.29, 0.717) is 0 Å². The Kier molecular flexibility index (Phi) is 39.2. The SMILES string of the molecule is O=C([O-])CC(O)(CC(=O)[O-])C(=O)[O-].O=N[O-].[Na+].[Na+].[Na+].[Na+]. The van der Waals surface area contributed by atoms with E-state index in [0.717, 1.165) is 5.34 Å². The number of hydrogen-bond acceptors (Lipinski definition) is 10. The van der Waals surface area contributed by atoms with Crippen LogP contribution in [0, 0.1) is 10.1 Å². The predicted molar refractivity (Wildman–Crippen MR) is 38.4 cm³/mol. The van der Waals surface area contributed by atoms with Crippen LogP contribution < -0.4 is 134 Å². The third-order valence-corrected chi connectivity index (χ3v) is 1.25. The van der Waals surface area contributed by atoms with Gasteiger partial charge in [0.2, 0.25) is 0 Å². The number of carbonyl (C=O) groups is 3. The van der Waals surface area contributed by atoms with Crippen LogP contribution in [0.3, 0.4) is 0 Å². The Hall–Kier alpha value is 1.77. The van der Waals surface area contributed by atoms with Gasteiger partial charge in [0, 0.05) is 24.8 Å². The van der Waals surface area contributed by atoms with E-state index in [9.17, 15) is 29.7 Å². The zero-order valence-electron chi connectivity index (χ0n) is 11.6. The van der Waals surface area contributed by atoms with Gasteiger partial charge in [-0.3, -0.25) is 0 Å². The summed E-state index contributed by atoms with van der Waals surface area (Å²) in [5.41, 5.74) is -2.97. The maximum absolute atomic E-state index is 10.1. The number of carboxylic acids is 3. The molecule has 0 aromatic carbocycles. The minimum Gasteiger partial charge on any atom is -0.550 e. The first-order valence-electron chi connectivity index (χ1n) is 3.48. The van der Waals surface area contributed by atoms with Crippen molar-refractivity contribution in [1.29, 1.82) is 0 Å². The molecule has 0 aliphatic rings. The van der Waals surface area contributed by atoms with Crippen LogP contribution in [0.4, 0.5) is 0 Å². The van der Waals surface area contributed by atoms with Crippen molar-refractivity contribution in [1.82, 2.24) is 0 Å². The molecule has 0 bridgehead atoms. The topological polar surface area (TPSA) is 193 Å². The van der Waals surface area contributed by atoms with E-state index in [1.165, 1.54) is 0 Å². The number of nitrogens with zero attached hydrogens (tertiary/aromatic N) is 1. The molecule has 0 heterocycles. The van der Waals surface area contributed by atoms with Crippen molar-refractivity contribution in [2.24, 2.45) is 5.34 Å². The molecule has 0 aromatic heterocycles. The second-order valence-corrected chi connectivity index (χ2v) is 2.49. The van der Waals surface area contributed by atoms with Gasteiger partial charge in [0.1, 0.15) is 5.60 Å². The average molecular weight is 327 g/mol. The van der Waals surface area contributed by atoms with E-state index in [1.807, 2.05) is 0 Å². The second-order valence-electron chi connectivity index (χ2n) is 2.49. The van der Waals surface area contributed by atoms with Crippen LogP contribution in [0.25, 0.3) is 0 Å². The molecule has 10 nitrogen and oxygen atoms in total. The third kappa shape index (κ3) is 22.1. The van der Waals surface area contributed by atoms with E-state index in [4.69, 9.17) is 15.2 Å². The van der Waals surface area contributed by atoms with E-state index in [-0.39, 0.29) is 118 Å². The quantitative estimate of drug-likeness (QED) is 0.290. The molecule has 0 amide bonds. The molecule has 0 saturated heterocycles. The molecular formula is C6H5NNa4O9. The van der Waals surface area contributed by atoms with Crippen molar-refractivity contribution in [3.8, 4) is 0 Å². The van der Waals surface area contributed by atoms with Gasteiger partial charge in [-0.15, -0.1) is 5.34 Å². The third-order valence-electron chi connectivity index (χ3n) is 1.25. The Morgan fingerprint density at radius 2 is 1.10 bits per heavy atom. The van der Waals surface area contributed by atoms with E-state index in [1.54, 1.807) is 0 Å². The van der Waals surface area contributed by atoms with Gasteiger partial charge in [-0.05, 0) is 0 Å². The average Bonchev–Trinajstić information content (AvgIpc) is 2.01. The van der Waals surface area contributed by atoms with Crippen LogP contribution in [0.2, 0.25) is 0 Å². The Morgan fingerprint density at radius 3 is 1.20 bits per heavy atom. The summed E-state index contributed by atoms with van der Waals surface area (Å²) in [7, 11) is 0. The van der Waals surface area contributed by atoms with Gasteiger partial charge < -0.3 is 44.9 Å². The molecule has 0 aromatic rings. The summed E-state index contributed by atoms with van der Waals surface area (Å²) in [6, 6.07) is 0. The number of hydrogen-bond donors (Lipinski definition) is 1. The number of rotatable bonds is 5. The molecule has 0 aliphatic carbocycles. The maximum Gasteiger partial charge on any atom is 1.00 e. The van der Waals surface area contributed by atoms with Crippen molar-refractivity contribution >= 4 is 17.9 Å². The van der Waals surface area contributed by atoms with E-state index >= 15 is 0 Å². The van der Waals surface area contributed by atoms with Gasteiger partial charge in [0.05, 0.1) is 5.97 Å². The van der Waals surface area contributed by atoms with Crippen molar-refractivity contribution in [2.45, 2.75) is 18.4 Å². The van der Waals surface area contributed by atoms with Crippen LogP contribution in [0.15, 0.2) is 5.34 Å². The molecule has 92 valence electrons. The van der Waals surface area contributed by atoms with Gasteiger partial charge >= 0.3 is 118 Å². The van der Waals surface area contributed by atoms with Crippen LogP contribution in [0.5, 0.6) is 0 Å². The molecule has 20 heavy (non-hydrogen) atoms. The van der Waals surface area contributed by atoms with Crippen LogP contribution >= 0.6 is 0 Å². The minimum absolute atomic E-state index is 0. The fourth-order valence-corrected chi connectivity index (χ4v) is 0.684. The Balaban J connectivity index is -0.0000000641. The summed E-state index contributed by atoms with van der Waals surface area (Å²) in [5.74, 6) is -5.98. The van der Waals surface area contributed by atoms with Crippen LogP contribution in [-0.4, -0.2) is 28.6 Å². The Bertz CT molecular complexity index is 284. The van der Waals surface area contributed by atoms with Crippen LogP contribution in [-0.2, 0) is 14.4 Å². The standard InChI is InChI=1S/C6H8O7.HNO2.4Na/c7-3(8)1-6(13,5(11)12)2-4(9)10;2-1-3;;;;/h13H,1-2H2,(H,7,8)(H,9,10)(H,11,12);(H,2,3);;;;/q;;4*+1/p-4. The Labute approximate surface area is 201 Å². The molecule has 1 N–H and O–H groups in total. The Morgan fingerprint density at radius 1 is 0.900 bits per heavy atom. The van der Waals surface area contributed by atoms with E-state index in [2.05, 4.69) is 0 Å². The molecule has 0 saturated carbocycles. The first-order chi connectivity index (χ1) is 7.19. The maximum atomic E-state index is 10.1. The number of aliphatic carboxylic acids is 3. The monoisotopic (exact) mass is 327 g/mol. The fraction of sp³-hybridized carbons (Fsp3) is 0.500. The first kappa shape index (κ1) is 37.8. The molecule has 0 spiro atoms. The van der Waals surface area contributed by atoms with Crippen molar-refractivity contribution < 1.29 is 153 Å². The van der Waals surface area contributed by atoms with Gasteiger partial charge in [-0.25, -0.2) is 0 Å². The molecule has 0 radical (unpaired) electrons. The van der Waals surface area contributed by atoms with E-state index < -0.39 is 36.4 Å². The summed E-state index contributed by atoms with van der Waals surface area (Å²) in [6.07, 6.45) is -2.72.